The predicted octanol–water partition coefficient (Wildman–Crippen LogP) is 7.09. The Bertz CT molecular complexity index is 1370. The second-order valence-corrected chi connectivity index (χ2v) is 9.62. The van der Waals surface area contributed by atoms with Crippen molar-refractivity contribution in [1.82, 2.24) is 4.98 Å². The zero-order valence-corrected chi connectivity index (χ0v) is 16.4. The zero-order valence-electron chi connectivity index (χ0n) is 16.4. The minimum atomic E-state index is 0.167. The Morgan fingerprint density at radius 2 is 1.44 bits per heavy atom. The van der Waals surface area contributed by atoms with Crippen LogP contribution in [0, 0.1) is 0 Å². The van der Waals surface area contributed by atoms with Gasteiger partial charge in [-0.25, -0.2) is 0 Å². The molecule has 0 bridgehead atoms. The van der Waals surface area contributed by atoms with E-state index in [1.54, 1.807) is 0 Å². The van der Waals surface area contributed by atoms with Crippen LogP contribution in [-0.4, -0.2) is 4.98 Å². The monoisotopic (exact) mass is 349 g/mol. The van der Waals surface area contributed by atoms with E-state index in [-0.39, 0.29) is 10.8 Å². The molecule has 0 fully saturated rings. The van der Waals surface area contributed by atoms with E-state index in [9.17, 15) is 0 Å². The van der Waals surface area contributed by atoms with Crippen molar-refractivity contribution >= 4 is 43.2 Å². The van der Waals surface area contributed by atoms with E-state index in [2.05, 4.69) is 82.4 Å². The van der Waals surface area contributed by atoms with Crippen LogP contribution in [0.3, 0.4) is 0 Å². The van der Waals surface area contributed by atoms with Crippen molar-refractivity contribution in [3.63, 3.8) is 0 Å². The molecule has 1 aliphatic rings. The first-order chi connectivity index (χ1) is 12.9. The Balaban J connectivity index is 1.88. The second kappa shape index (κ2) is 4.59. The quantitative estimate of drug-likeness (QED) is 0.215. The summed E-state index contributed by atoms with van der Waals surface area (Å²) in [6.45, 7) is 9.51. The van der Waals surface area contributed by atoms with Gasteiger partial charge in [0.05, 0.1) is 5.52 Å². The van der Waals surface area contributed by atoms with Crippen LogP contribution in [0.1, 0.15) is 45.2 Å². The summed E-state index contributed by atoms with van der Waals surface area (Å²) in [5.41, 5.74) is 4.43. The molecule has 0 N–H and O–H groups in total. The molecule has 6 rings (SSSR count). The summed E-state index contributed by atoms with van der Waals surface area (Å²) in [4.78, 5) is 5.02. The number of hydrogen-bond donors (Lipinski definition) is 0. The molecule has 0 atom stereocenters. The average molecular weight is 349 g/mol. The van der Waals surface area contributed by atoms with Crippen molar-refractivity contribution in [2.45, 2.75) is 44.9 Å². The van der Waals surface area contributed by atoms with Crippen LogP contribution in [0.4, 0.5) is 0 Å². The molecule has 0 amide bonds. The fourth-order valence-corrected chi connectivity index (χ4v) is 5.99. The van der Waals surface area contributed by atoms with Crippen LogP contribution in [0.15, 0.2) is 54.7 Å². The van der Waals surface area contributed by atoms with Gasteiger partial charge >= 0.3 is 0 Å². The van der Waals surface area contributed by atoms with Gasteiger partial charge in [0.1, 0.15) is 0 Å². The summed E-state index contributed by atoms with van der Waals surface area (Å²) in [5.74, 6) is 0. The van der Waals surface area contributed by atoms with E-state index in [1.165, 1.54) is 55.3 Å². The maximum Gasteiger partial charge on any atom is 0.0784 e. The molecule has 5 aromatic rings. The molecule has 1 nitrogen and oxygen atoms in total. The van der Waals surface area contributed by atoms with E-state index >= 15 is 0 Å². The van der Waals surface area contributed by atoms with E-state index in [1.807, 2.05) is 0 Å². The fourth-order valence-electron chi connectivity index (χ4n) is 5.99. The molecule has 0 saturated carbocycles. The van der Waals surface area contributed by atoms with Crippen LogP contribution >= 0.6 is 0 Å². The van der Waals surface area contributed by atoms with Gasteiger partial charge in [0.15, 0.2) is 0 Å². The van der Waals surface area contributed by atoms with Crippen molar-refractivity contribution in [2.24, 2.45) is 0 Å². The highest BCUT2D eigenvalue weighted by molar-refractivity contribution is 6.28. The van der Waals surface area contributed by atoms with E-state index in [0.717, 1.165) is 5.52 Å². The number of nitrogens with zero attached hydrogens (tertiary/aromatic N) is 1. The molecule has 1 aliphatic carbocycles. The van der Waals surface area contributed by atoms with Crippen molar-refractivity contribution < 1.29 is 0 Å². The number of rotatable bonds is 0. The lowest BCUT2D eigenvalue weighted by Gasteiger charge is -2.23. The molecule has 0 radical (unpaired) electrons. The summed E-state index contributed by atoms with van der Waals surface area (Å²) in [7, 11) is 0. The summed E-state index contributed by atoms with van der Waals surface area (Å²) in [5, 5.41) is 9.32. The van der Waals surface area contributed by atoms with Crippen LogP contribution in [0.25, 0.3) is 43.2 Å². The lowest BCUT2D eigenvalue weighted by molar-refractivity contribution is 0.404. The molecule has 0 spiro atoms. The van der Waals surface area contributed by atoms with E-state index in [0.29, 0.717) is 0 Å². The van der Waals surface area contributed by atoms with Gasteiger partial charge in [0.25, 0.3) is 0 Å². The molecule has 4 aromatic carbocycles. The van der Waals surface area contributed by atoms with Crippen LogP contribution < -0.4 is 0 Å². The smallest absolute Gasteiger partial charge is 0.0784 e. The van der Waals surface area contributed by atoms with Crippen molar-refractivity contribution in [3.8, 4) is 0 Å². The van der Waals surface area contributed by atoms with Gasteiger partial charge in [-0.15, -0.1) is 0 Å². The molecule has 1 heterocycles. The third-order valence-corrected chi connectivity index (χ3v) is 6.77. The molecule has 27 heavy (non-hydrogen) atoms. The van der Waals surface area contributed by atoms with Gasteiger partial charge in [-0.3, -0.25) is 4.98 Å². The molecule has 0 aliphatic heterocycles. The fraction of sp³-hybridized carbons (Fsp3) is 0.269. The number of hydrogen-bond acceptors (Lipinski definition) is 1. The third kappa shape index (κ3) is 1.82. The summed E-state index contributed by atoms with van der Waals surface area (Å²) < 4.78 is 0. The summed E-state index contributed by atoms with van der Waals surface area (Å²) in [6.07, 6.45) is 3.32. The predicted molar refractivity (Wildman–Crippen MR) is 116 cm³/mol. The van der Waals surface area contributed by atoms with Gasteiger partial charge in [-0.05, 0) is 61.4 Å². The summed E-state index contributed by atoms with van der Waals surface area (Å²) in [6, 6.07) is 18.1. The van der Waals surface area contributed by atoms with Gasteiger partial charge < -0.3 is 0 Å². The van der Waals surface area contributed by atoms with Gasteiger partial charge in [-0.1, -0.05) is 70.2 Å². The Kier molecular flexibility index (Phi) is 2.62. The lowest BCUT2D eigenvalue weighted by atomic mass is 9.81. The van der Waals surface area contributed by atoms with Crippen molar-refractivity contribution in [3.05, 3.63) is 65.9 Å². The highest BCUT2D eigenvalue weighted by Gasteiger charge is 2.43. The van der Waals surface area contributed by atoms with Crippen molar-refractivity contribution in [1.29, 1.82) is 0 Å². The first kappa shape index (κ1) is 15.4. The van der Waals surface area contributed by atoms with Crippen LogP contribution in [-0.2, 0) is 10.8 Å². The topological polar surface area (TPSA) is 12.9 Å². The Morgan fingerprint density at radius 1 is 0.741 bits per heavy atom. The summed E-state index contributed by atoms with van der Waals surface area (Å²) >= 11 is 0. The Morgan fingerprint density at radius 3 is 2.22 bits per heavy atom. The maximum atomic E-state index is 5.02. The Labute approximate surface area is 159 Å². The van der Waals surface area contributed by atoms with E-state index < -0.39 is 0 Å². The number of fused-ring (bicyclic) bond motifs is 4. The standard InChI is InChI=1S/C26H23N/c1-25(2)14-26(3,4)23-19-12-17-9-8-15-6-5-7-16-10-11-18(22(17)21(15)16)24(19)27-13-20(23)25/h5-13H,14H2,1-4H3. The lowest BCUT2D eigenvalue weighted by Crippen LogP contribution is -2.18. The van der Waals surface area contributed by atoms with E-state index in [4.69, 9.17) is 4.98 Å². The molecule has 0 unspecified atom stereocenters. The van der Waals surface area contributed by atoms with Crippen LogP contribution in [0.2, 0.25) is 0 Å². The minimum Gasteiger partial charge on any atom is -0.255 e. The van der Waals surface area contributed by atoms with Gasteiger partial charge in [0.2, 0.25) is 0 Å². The largest absolute Gasteiger partial charge is 0.255 e. The molecular weight excluding hydrogens is 326 g/mol. The molecule has 132 valence electrons. The first-order valence-electron chi connectivity index (χ1n) is 9.87. The third-order valence-electron chi connectivity index (χ3n) is 6.77. The normalized spacial score (nSPS) is 18.1. The molecule has 1 aromatic heterocycles. The minimum absolute atomic E-state index is 0.167. The first-order valence-corrected chi connectivity index (χ1v) is 9.87. The Hall–Kier alpha value is -2.67. The average Bonchev–Trinajstić information content (AvgIpc) is 2.83. The number of aromatic nitrogens is 1. The van der Waals surface area contributed by atoms with Crippen LogP contribution in [0.5, 0.6) is 0 Å². The van der Waals surface area contributed by atoms with Gasteiger partial charge in [-0.2, -0.15) is 0 Å². The van der Waals surface area contributed by atoms with Crippen molar-refractivity contribution in [2.75, 3.05) is 0 Å². The maximum absolute atomic E-state index is 5.02. The molecule has 1 heteroatoms. The number of pyridine rings is 1. The second-order valence-electron chi connectivity index (χ2n) is 9.62. The highest BCUT2D eigenvalue weighted by atomic mass is 14.7. The SMILES string of the molecule is CC1(C)CC(C)(C)c2c1cnc1c2cc2ccc3cccc4ccc1c2c34. The van der Waals surface area contributed by atoms with Gasteiger partial charge in [0, 0.05) is 17.0 Å². The highest BCUT2D eigenvalue weighted by Crippen LogP contribution is 2.52. The zero-order chi connectivity index (χ0) is 18.6. The molecule has 0 saturated heterocycles. The number of benzene rings is 4. The molecular formula is C26H23N.